The minimum atomic E-state index is -3.32. The number of hydrogen-bond donors (Lipinski definition) is 0. The number of carbonyl (C=O) groups excluding carboxylic acids is 1. The number of carbonyl (C=O) groups is 1. The highest BCUT2D eigenvalue weighted by Crippen LogP contribution is 2.23. The Morgan fingerprint density at radius 1 is 1.29 bits per heavy atom. The Hall–Kier alpha value is -1.36. The van der Waals surface area contributed by atoms with E-state index in [1.165, 1.54) is 0 Å². The van der Waals surface area contributed by atoms with Crippen molar-refractivity contribution in [2.45, 2.75) is 50.0 Å². The number of amides is 1. The highest BCUT2D eigenvalue weighted by Gasteiger charge is 2.32. The van der Waals surface area contributed by atoms with Gasteiger partial charge in [0.1, 0.15) is 0 Å². The molecule has 116 valence electrons. The van der Waals surface area contributed by atoms with E-state index in [9.17, 15) is 13.2 Å². The van der Waals surface area contributed by atoms with Crippen molar-refractivity contribution in [2.24, 2.45) is 0 Å². The summed E-state index contributed by atoms with van der Waals surface area (Å²) < 4.78 is 24.9. The fourth-order valence-corrected chi connectivity index (χ4v) is 4.40. The second-order valence-corrected chi connectivity index (χ2v) is 7.62. The molecule has 1 aliphatic heterocycles. The lowest BCUT2D eigenvalue weighted by atomic mass is 10.2. The molecule has 1 fully saturated rings. The van der Waals surface area contributed by atoms with E-state index in [2.05, 4.69) is 6.92 Å². The third-order valence-electron chi connectivity index (χ3n) is 3.96. The van der Waals surface area contributed by atoms with Crippen LogP contribution in [0.5, 0.6) is 0 Å². The van der Waals surface area contributed by atoms with Gasteiger partial charge in [-0.2, -0.15) is 0 Å². The standard InChI is InChI=1S/C16H23NO3S/c1-2-3-11-16(18)17-12-7-8-14(17)13-21(19,20)15-9-5-4-6-10-15/h4-6,9-10,14H,2-3,7-8,11-13H2,1H3. The first kappa shape index (κ1) is 16.0. The summed E-state index contributed by atoms with van der Waals surface area (Å²) in [6.07, 6.45) is 4.05. The van der Waals surface area contributed by atoms with Gasteiger partial charge >= 0.3 is 0 Å². The van der Waals surface area contributed by atoms with Crippen molar-refractivity contribution in [3.05, 3.63) is 30.3 Å². The topological polar surface area (TPSA) is 54.5 Å². The van der Waals surface area contributed by atoms with Gasteiger partial charge in [-0.05, 0) is 31.4 Å². The van der Waals surface area contributed by atoms with E-state index in [0.29, 0.717) is 17.9 Å². The Bertz CT molecular complexity index is 568. The molecule has 0 radical (unpaired) electrons. The zero-order valence-electron chi connectivity index (χ0n) is 12.5. The largest absolute Gasteiger partial charge is 0.339 e. The number of sulfone groups is 1. The van der Waals surface area contributed by atoms with Crippen LogP contribution in [0.3, 0.4) is 0 Å². The molecule has 1 amide bonds. The van der Waals surface area contributed by atoms with E-state index >= 15 is 0 Å². The Morgan fingerprint density at radius 3 is 2.67 bits per heavy atom. The van der Waals surface area contributed by atoms with E-state index in [4.69, 9.17) is 0 Å². The molecule has 5 heteroatoms. The van der Waals surface area contributed by atoms with E-state index in [1.54, 1.807) is 35.2 Å². The van der Waals surface area contributed by atoms with Gasteiger partial charge in [0.15, 0.2) is 9.84 Å². The van der Waals surface area contributed by atoms with Crippen LogP contribution in [-0.4, -0.2) is 37.6 Å². The van der Waals surface area contributed by atoms with Crippen molar-refractivity contribution in [2.75, 3.05) is 12.3 Å². The molecule has 1 aromatic carbocycles. The summed E-state index contributed by atoms with van der Waals surface area (Å²) in [5.74, 6) is 0.136. The molecule has 0 spiro atoms. The van der Waals surface area contributed by atoms with Crippen LogP contribution in [0.1, 0.15) is 39.0 Å². The molecule has 1 atom stereocenters. The molecule has 2 rings (SSSR count). The molecule has 1 unspecified atom stereocenters. The molecule has 1 aromatic rings. The molecule has 1 saturated heterocycles. The summed E-state index contributed by atoms with van der Waals surface area (Å²) in [6, 6.07) is 8.33. The van der Waals surface area contributed by atoms with Crippen molar-refractivity contribution in [1.29, 1.82) is 0 Å². The van der Waals surface area contributed by atoms with Gasteiger partial charge in [-0.15, -0.1) is 0 Å². The van der Waals surface area contributed by atoms with Gasteiger partial charge in [-0.25, -0.2) is 8.42 Å². The second kappa shape index (κ2) is 7.07. The van der Waals surface area contributed by atoms with Crippen molar-refractivity contribution < 1.29 is 13.2 Å². The zero-order valence-corrected chi connectivity index (χ0v) is 13.3. The maximum atomic E-state index is 12.4. The third-order valence-corrected chi connectivity index (χ3v) is 5.77. The Labute approximate surface area is 127 Å². The molecule has 1 aliphatic rings. The lowest BCUT2D eigenvalue weighted by Gasteiger charge is -2.24. The van der Waals surface area contributed by atoms with E-state index in [1.807, 2.05) is 0 Å². The Morgan fingerprint density at radius 2 is 2.00 bits per heavy atom. The molecular weight excluding hydrogens is 286 g/mol. The first-order valence-corrected chi connectivity index (χ1v) is 9.27. The van der Waals surface area contributed by atoms with Crippen LogP contribution in [0.2, 0.25) is 0 Å². The van der Waals surface area contributed by atoms with E-state index in [0.717, 1.165) is 25.7 Å². The minimum Gasteiger partial charge on any atom is -0.339 e. The fraction of sp³-hybridized carbons (Fsp3) is 0.562. The lowest BCUT2D eigenvalue weighted by molar-refractivity contribution is -0.131. The van der Waals surface area contributed by atoms with Gasteiger partial charge in [0.05, 0.1) is 10.6 Å². The first-order valence-electron chi connectivity index (χ1n) is 7.62. The number of likely N-dealkylation sites (tertiary alicyclic amines) is 1. The molecule has 0 aliphatic carbocycles. The predicted molar refractivity (Wildman–Crippen MR) is 82.8 cm³/mol. The SMILES string of the molecule is CCCCC(=O)N1CCCC1CS(=O)(=O)c1ccccc1. The van der Waals surface area contributed by atoms with Crippen molar-refractivity contribution in [1.82, 2.24) is 4.90 Å². The molecule has 0 aromatic heterocycles. The van der Waals surface area contributed by atoms with Crippen LogP contribution < -0.4 is 0 Å². The summed E-state index contributed by atoms with van der Waals surface area (Å²) in [5, 5.41) is 0. The van der Waals surface area contributed by atoms with Crippen molar-refractivity contribution >= 4 is 15.7 Å². The van der Waals surface area contributed by atoms with Crippen molar-refractivity contribution in [3.8, 4) is 0 Å². The van der Waals surface area contributed by atoms with Gasteiger partial charge in [-0.3, -0.25) is 4.79 Å². The fourth-order valence-electron chi connectivity index (χ4n) is 2.79. The molecule has 4 nitrogen and oxygen atoms in total. The number of unbranched alkanes of at least 4 members (excludes halogenated alkanes) is 1. The molecule has 21 heavy (non-hydrogen) atoms. The molecule has 0 N–H and O–H groups in total. The van der Waals surface area contributed by atoms with Crippen LogP contribution in [0.4, 0.5) is 0 Å². The predicted octanol–water partition coefficient (Wildman–Crippen LogP) is 2.64. The molecule has 0 bridgehead atoms. The van der Waals surface area contributed by atoms with Crippen LogP contribution >= 0.6 is 0 Å². The summed E-state index contributed by atoms with van der Waals surface area (Å²) in [5.41, 5.74) is 0. The van der Waals surface area contributed by atoms with Crippen LogP contribution in [0.25, 0.3) is 0 Å². The maximum Gasteiger partial charge on any atom is 0.222 e. The number of nitrogens with zero attached hydrogens (tertiary/aromatic N) is 1. The van der Waals surface area contributed by atoms with Gasteiger partial charge in [0.25, 0.3) is 0 Å². The van der Waals surface area contributed by atoms with Gasteiger partial charge < -0.3 is 4.90 Å². The Kier molecular flexibility index (Phi) is 5.39. The minimum absolute atomic E-state index is 0.0366. The van der Waals surface area contributed by atoms with Crippen LogP contribution in [-0.2, 0) is 14.6 Å². The first-order chi connectivity index (χ1) is 10.0. The summed E-state index contributed by atoms with van der Waals surface area (Å²) >= 11 is 0. The highest BCUT2D eigenvalue weighted by molar-refractivity contribution is 7.91. The number of rotatable bonds is 6. The van der Waals surface area contributed by atoms with Crippen LogP contribution in [0.15, 0.2) is 35.2 Å². The molecule has 1 heterocycles. The average molecular weight is 309 g/mol. The van der Waals surface area contributed by atoms with Gasteiger partial charge in [0.2, 0.25) is 5.91 Å². The molecular formula is C16H23NO3S. The quantitative estimate of drug-likeness (QED) is 0.812. The summed E-state index contributed by atoms with van der Waals surface area (Å²) in [6.45, 7) is 2.74. The summed E-state index contributed by atoms with van der Waals surface area (Å²) in [7, 11) is -3.32. The second-order valence-electron chi connectivity index (χ2n) is 5.58. The lowest BCUT2D eigenvalue weighted by Crippen LogP contribution is -2.39. The zero-order chi connectivity index (χ0) is 15.3. The van der Waals surface area contributed by atoms with E-state index < -0.39 is 9.84 Å². The third kappa shape index (κ3) is 4.06. The van der Waals surface area contributed by atoms with Gasteiger partial charge in [-0.1, -0.05) is 31.5 Å². The van der Waals surface area contributed by atoms with Gasteiger partial charge in [0, 0.05) is 19.0 Å². The average Bonchev–Trinajstić information content (AvgIpc) is 2.93. The monoisotopic (exact) mass is 309 g/mol. The molecule has 0 saturated carbocycles. The number of benzene rings is 1. The summed E-state index contributed by atoms with van der Waals surface area (Å²) in [4.78, 5) is 14.3. The van der Waals surface area contributed by atoms with Crippen molar-refractivity contribution in [3.63, 3.8) is 0 Å². The van der Waals surface area contributed by atoms with Crippen LogP contribution in [0, 0.1) is 0 Å². The maximum absolute atomic E-state index is 12.4. The van der Waals surface area contributed by atoms with E-state index in [-0.39, 0.29) is 17.7 Å². The normalized spacial score (nSPS) is 18.9. The highest BCUT2D eigenvalue weighted by atomic mass is 32.2. The number of hydrogen-bond acceptors (Lipinski definition) is 3. The Balaban J connectivity index is 2.06. The smallest absolute Gasteiger partial charge is 0.222 e.